The number of carbonyl (C=O) groups is 1. The van der Waals surface area contributed by atoms with E-state index < -0.39 is 11.7 Å². The maximum absolute atomic E-state index is 12.8. The van der Waals surface area contributed by atoms with Crippen molar-refractivity contribution in [2.24, 2.45) is 22.7 Å². The number of fused-ring (bicyclic) bond motifs is 6. The SMILES string of the molecule is CC(C)c1cc([C@H]2O[C@H]3[C@H](O2)c2cc(C(C)C)c(O)cc2[C@@]2(C)CCCC(C)(C)[C@H]32)c([C@@]2(C)CCCC(C)(C)[C@@H]2C=O)cc1O. The van der Waals surface area contributed by atoms with E-state index in [1.165, 1.54) is 5.56 Å². The second kappa shape index (κ2) is 10.8. The van der Waals surface area contributed by atoms with Gasteiger partial charge in [0.15, 0.2) is 6.29 Å². The van der Waals surface area contributed by atoms with Gasteiger partial charge in [-0.1, -0.05) is 82.1 Å². The number of ether oxygens (including phenoxy) is 2. The molecule has 0 bridgehead atoms. The standard InChI is InChI=1S/C40H56O5/c1-22(2)24-17-26-28(19-30(24)42)40(10)16-12-14-38(7,8)35(40)34-33(26)44-36(45-34)27-18-25(23(3)4)31(43)20-29(27)39(9)15-11-13-37(5,6)32(39)21-41/h17-23,32-36,42-43H,11-16H2,1-10H3/t32-,33+,34-,35-,36+,39+,40+/m0/s1. The van der Waals surface area contributed by atoms with Gasteiger partial charge in [0.1, 0.15) is 23.9 Å². The zero-order valence-corrected chi connectivity index (χ0v) is 29.3. The van der Waals surface area contributed by atoms with Gasteiger partial charge in [0, 0.05) is 22.8 Å². The topological polar surface area (TPSA) is 76.0 Å². The smallest absolute Gasteiger partial charge is 0.185 e. The summed E-state index contributed by atoms with van der Waals surface area (Å²) in [4.78, 5) is 12.8. The summed E-state index contributed by atoms with van der Waals surface area (Å²) < 4.78 is 14.4. The number of aldehydes is 1. The average molecular weight is 617 g/mol. The Balaban J connectivity index is 1.54. The summed E-state index contributed by atoms with van der Waals surface area (Å²) in [7, 11) is 0. The molecule has 3 fully saturated rings. The Hall–Kier alpha value is -2.37. The molecule has 2 saturated carbocycles. The molecular formula is C40H56O5. The molecule has 2 aromatic carbocycles. The van der Waals surface area contributed by atoms with Crippen molar-refractivity contribution in [3.63, 3.8) is 0 Å². The summed E-state index contributed by atoms with van der Waals surface area (Å²) in [6.45, 7) is 22.2. The molecule has 5 nitrogen and oxygen atoms in total. The molecule has 1 heterocycles. The van der Waals surface area contributed by atoms with Crippen LogP contribution in [0, 0.1) is 22.7 Å². The second-order valence-electron chi connectivity index (χ2n) is 17.4. The summed E-state index contributed by atoms with van der Waals surface area (Å²) in [5, 5.41) is 22.6. The highest BCUT2D eigenvalue weighted by Crippen LogP contribution is 2.65. The predicted octanol–water partition coefficient (Wildman–Crippen LogP) is 9.88. The van der Waals surface area contributed by atoms with E-state index in [0.717, 1.165) is 72.6 Å². The molecule has 2 N–H and O–H groups in total. The van der Waals surface area contributed by atoms with Crippen molar-refractivity contribution < 1.29 is 24.5 Å². The highest BCUT2D eigenvalue weighted by Gasteiger charge is 2.61. The lowest BCUT2D eigenvalue weighted by molar-refractivity contribution is -0.120. The molecule has 0 spiro atoms. The third kappa shape index (κ3) is 4.89. The monoisotopic (exact) mass is 616 g/mol. The summed E-state index contributed by atoms with van der Waals surface area (Å²) >= 11 is 0. The van der Waals surface area contributed by atoms with Crippen LogP contribution in [0.5, 0.6) is 11.5 Å². The van der Waals surface area contributed by atoms with Gasteiger partial charge in [-0.2, -0.15) is 0 Å². The Labute approximate surface area is 271 Å². The molecule has 45 heavy (non-hydrogen) atoms. The molecule has 7 atom stereocenters. The lowest BCUT2D eigenvalue weighted by Gasteiger charge is -2.57. The van der Waals surface area contributed by atoms with Crippen molar-refractivity contribution >= 4 is 6.29 Å². The van der Waals surface area contributed by atoms with Crippen LogP contribution in [0.3, 0.4) is 0 Å². The van der Waals surface area contributed by atoms with Crippen molar-refractivity contribution in [1.29, 1.82) is 0 Å². The van der Waals surface area contributed by atoms with Gasteiger partial charge in [-0.05, 0) is 106 Å². The van der Waals surface area contributed by atoms with Crippen molar-refractivity contribution in [2.45, 2.75) is 149 Å². The minimum absolute atomic E-state index is 0.0149. The minimum atomic E-state index is -0.633. The first kappa shape index (κ1) is 32.6. The number of aromatic hydroxyl groups is 2. The first-order valence-electron chi connectivity index (χ1n) is 17.5. The average Bonchev–Trinajstić information content (AvgIpc) is 3.36. The fourth-order valence-corrected chi connectivity index (χ4v) is 10.6. The normalized spacial score (nSPS) is 35.2. The van der Waals surface area contributed by atoms with Crippen LogP contribution in [-0.4, -0.2) is 22.6 Å². The number of hydrogen-bond acceptors (Lipinski definition) is 5. The fourth-order valence-electron chi connectivity index (χ4n) is 10.6. The summed E-state index contributed by atoms with van der Waals surface area (Å²) in [5.74, 6) is 0.920. The number of phenols is 2. The van der Waals surface area contributed by atoms with Gasteiger partial charge in [-0.3, -0.25) is 0 Å². The zero-order chi connectivity index (χ0) is 32.9. The van der Waals surface area contributed by atoms with Crippen LogP contribution >= 0.6 is 0 Å². The van der Waals surface area contributed by atoms with Gasteiger partial charge in [0.2, 0.25) is 0 Å². The number of benzene rings is 2. The molecule has 0 unspecified atom stereocenters. The molecule has 6 rings (SSSR count). The minimum Gasteiger partial charge on any atom is -0.508 e. The van der Waals surface area contributed by atoms with Gasteiger partial charge in [0.25, 0.3) is 0 Å². The first-order chi connectivity index (χ1) is 21.0. The van der Waals surface area contributed by atoms with E-state index in [0.29, 0.717) is 5.75 Å². The third-order valence-electron chi connectivity index (χ3n) is 12.8. The van der Waals surface area contributed by atoms with E-state index in [1.807, 2.05) is 12.1 Å². The van der Waals surface area contributed by atoms with Crippen molar-refractivity contribution in [3.05, 3.63) is 57.6 Å². The van der Waals surface area contributed by atoms with E-state index >= 15 is 0 Å². The molecule has 1 aliphatic heterocycles. The number of carbonyl (C=O) groups excluding carboxylic acids is 1. The van der Waals surface area contributed by atoms with Gasteiger partial charge >= 0.3 is 0 Å². The highest BCUT2D eigenvalue weighted by atomic mass is 16.7. The Kier molecular flexibility index (Phi) is 7.84. The van der Waals surface area contributed by atoms with Crippen LogP contribution in [0.2, 0.25) is 0 Å². The molecule has 246 valence electrons. The van der Waals surface area contributed by atoms with Crippen LogP contribution in [0.25, 0.3) is 0 Å². The van der Waals surface area contributed by atoms with E-state index in [2.05, 4.69) is 81.4 Å². The quantitative estimate of drug-likeness (QED) is 0.327. The summed E-state index contributed by atoms with van der Waals surface area (Å²) in [6.07, 6.45) is 6.25. The van der Waals surface area contributed by atoms with Crippen LogP contribution in [0.4, 0.5) is 0 Å². The second-order valence-corrected chi connectivity index (χ2v) is 17.4. The van der Waals surface area contributed by atoms with Crippen molar-refractivity contribution in [3.8, 4) is 11.5 Å². The number of hydrogen-bond donors (Lipinski definition) is 2. The molecule has 4 aliphatic rings. The first-order valence-corrected chi connectivity index (χ1v) is 17.5. The Bertz CT molecular complexity index is 1490. The fraction of sp³-hybridized carbons (Fsp3) is 0.675. The Morgan fingerprint density at radius 3 is 1.78 bits per heavy atom. The molecule has 2 aromatic rings. The van der Waals surface area contributed by atoms with Crippen molar-refractivity contribution in [2.75, 3.05) is 0 Å². The van der Waals surface area contributed by atoms with Crippen molar-refractivity contribution in [1.82, 2.24) is 0 Å². The molecule has 0 amide bonds. The van der Waals surface area contributed by atoms with Gasteiger partial charge in [-0.15, -0.1) is 0 Å². The van der Waals surface area contributed by atoms with Gasteiger partial charge in [-0.25, -0.2) is 0 Å². The third-order valence-corrected chi connectivity index (χ3v) is 12.8. The van der Waals surface area contributed by atoms with Crippen LogP contribution in [0.15, 0.2) is 24.3 Å². The molecule has 1 saturated heterocycles. The molecule has 0 aromatic heterocycles. The predicted molar refractivity (Wildman–Crippen MR) is 179 cm³/mol. The summed E-state index contributed by atoms with van der Waals surface area (Å²) in [5.41, 5.74) is 5.28. The van der Waals surface area contributed by atoms with Crippen LogP contribution in [0.1, 0.15) is 165 Å². The molecule has 3 aliphatic carbocycles. The molecule has 0 radical (unpaired) electrons. The van der Waals surface area contributed by atoms with E-state index in [1.54, 1.807) is 0 Å². The molecular weight excluding hydrogens is 560 g/mol. The molecule has 5 heteroatoms. The van der Waals surface area contributed by atoms with E-state index in [-0.39, 0.29) is 57.9 Å². The highest BCUT2D eigenvalue weighted by molar-refractivity contribution is 5.61. The van der Waals surface area contributed by atoms with Crippen LogP contribution < -0.4 is 0 Å². The summed E-state index contributed by atoms with van der Waals surface area (Å²) in [6, 6.07) is 8.25. The van der Waals surface area contributed by atoms with Gasteiger partial charge < -0.3 is 24.5 Å². The van der Waals surface area contributed by atoms with Gasteiger partial charge in [0.05, 0.1) is 6.10 Å². The maximum atomic E-state index is 12.8. The van der Waals surface area contributed by atoms with E-state index in [9.17, 15) is 15.0 Å². The maximum Gasteiger partial charge on any atom is 0.185 e. The number of rotatable bonds is 5. The lowest BCUT2D eigenvalue weighted by atomic mass is 9.49. The largest absolute Gasteiger partial charge is 0.508 e. The van der Waals surface area contributed by atoms with Crippen LogP contribution in [-0.2, 0) is 25.1 Å². The zero-order valence-electron chi connectivity index (χ0n) is 29.3. The Morgan fingerprint density at radius 2 is 1.22 bits per heavy atom. The Morgan fingerprint density at radius 1 is 0.711 bits per heavy atom. The lowest BCUT2D eigenvalue weighted by Crippen LogP contribution is -2.55. The van der Waals surface area contributed by atoms with E-state index in [4.69, 9.17) is 9.47 Å². The number of phenolic OH excluding ortho intramolecular Hbond substituents is 2.